The molecule has 0 aliphatic rings. The second-order valence-corrected chi connectivity index (χ2v) is 4.42. The van der Waals surface area contributed by atoms with E-state index in [4.69, 9.17) is 10.5 Å². The summed E-state index contributed by atoms with van der Waals surface area (Å²) in [6.07, 6.45) is 1.02. The highest BCUT2D eigenvalue weighted by Gasteiger charge is 2.03. The Labute approximate surface area is 96.7 Å². The van der Waals surface area contributed by atoms with Crippen LogP contribution < -0.4 is 10.5 Å². The van der Waals surface area contributed by atoms with E-state index in [2.05, 4.69) is 4.98 Å². The molecule has 4 nitrogen and oxygen atoms in total. The third-order valence-corrected chi connectivity index (χ3v) is 2.94. The lowest BCUT2D eigenvalue weighted by atomic mass is 10.2. The lowest BCUT2D eigenvalue weighted by Gasteiger charge is -2.01. The molecule has 0 saturated carbocycles. The molecule has 0 fully saturated rings. The average Bonchev–Trinajstić information content (AvgIpc) is 2.65. The van der Waals surface area contributed by atoms with Crippen molar-refractivity contribution < 1.29 is 9.53 Å². The van der Waals surface area contributed by atoms with Crippen molar-refractivity contribution in [1.29, 1.82) is 0 Å². The molecule has 0 unspecified atom stereocenters. The van der Waals surface area contributed by atoms with Gasteiger partial charge in [0, 0.05) is 6.20 Å². The van der Waals surface area contributed by atoms with Gasteiger partial charge in [-0.05, 0) is 36.8 Å². The Kier molecular flexibility index (Phi) is 2.87. The van der Waals surface area contributed by atoms with Gasteiger partial charge in [-0.15, -0.1) is 11.3 Å². The number of aryl methyl sites for hydroxylation is 1. The van der Waals surface area contributed by atoms with E-state index >= 15 is 0 Å². The minimum Gasteiger partial charge on any atom is -0.411 e. The molecule has 2 rings (SSSR count). The van der Waals surface area contributed by atoms with Gasteiger partial charge in [-0.2, -0.15) is 0 Å². The van der Waals surface area contributed by atoms with Crippen molar-refractivity contribution >= 4 is 17.4 Å². The minimum atomic E-state index is -0.804. The van der Waals surface area contributed by atoms with Crippen LogP contribution in [-0.2, 0) is 0 Å². The second-order valence-electron chi connectivity index (χ2n) is 3.19. The van der Waals surface area contributed by atoms with E-state index < -0.39 is 6.09 Å². The van der Waals surface area contributed by atoms with Crippen LogP contribution in [0.2, 0.25) is 0 Å². The number of hydrogen-bond donors (Lipinski definition) is 1. The molecule has 0 atom stereocenters. The molecule has 0 radical (unpaired) electrons. The molecular formula is C11H10N2O2S. The molecule has 2 aromatic rings. The fraction of sp³-hybridized carbons (Fsp3) is 0.0909. The van der Waals surface area contributed by atoms with E-state index in [-0.39, 0.29) is 0 Å². The predicted octanol–water partition coefficient (Wildman–Crippen LogP) is 2.58. The highest BCUT2D eigenvalue weighted by Crippen LogP contribution is 2.27. The molecule has 1 aromatic heterocycles. The molecule has 1 amide bonds. The molecular weight excluding hydrogens is 224 g/mol. The first-order chi connectivity index (χ1) is 7.65. The zero-order valence-corrected chi connectivity index (χ0v) is 9.45. The van der Waals surface area contributed by atoms with Crippen molar-refractivity contribution in [1.82, 2.24) is 4.98 Å². The third-order valence-electron chi connectivity index (χ3n) is 1.98. The SMILES string of the molecule is Cc1ncc(-c2ccc(OC(N)=O)cc2)s1. The number of thiazole rings is 1. The zero-order chi connectivity index (χ0) is 11.5. The standard InChI is InChI=1S/C11H10N2O2S/c1-7-13-6-10(16-7)8-2-4-9(5-3-8)15-11(12)14/h2-6H,1H3,(H2,12,14). The van der Waals surface area contributed by atoms with Gasteiger partial charge in [0.2, 0.25) is 0 Å². The average molecular weight is 234 g/mol. The van der Waals surface area contributed by atoms with Crippen molar-refractivity contribution in [3.8, 4) is 16.2 Å². The topological polar surface area (TPSA) is 65.2 Å². The Hall–Kier alpha value is -1.88. The minimum absolute atomic E-state index is 0.442. The van der Waals surface area contributed by atoms with Gasteiger partial charge in [0.1, 0.15) is 5.75 Å². The van der Waals surface area contributed by atoms with Crippen LogP contribution >= 0.6 is 11.3 Å². The van der Waals surface area contributed by atoms with Crippen LogP contribution in [0.25, 0.3) is 10.4 Å². The van der Waals surface area contributed by atoms with Crippen LogP contribution in [0.4, 0.5) is 4.79 Å². The molecule has 0 aliphatic carbocycles. The summed E-state index contributed by atoms with van der Waals surface area (Å²) in [5.74, 6) is 0.442. The summed E-state index contributed by atoms with van der Waals surface area (Å²) in [6, 6.07) is 7.14. The van der Waals surface area contributed by atoms with Gasteiger partial charge in [0.15, 0.2) is 0 Å². The van der Waals surface area contributed by atoms with Crippen LogP contribution in [0.15, 0.2) is 30.5 Å². The third kappa shape index (κ3) is 2.38. The highest BCUT2D eigenvalue weighted by atomic mass is 32.1. The van der Waals surface area contributed by atoms with E-state index in [0.717, 1.165) is 15.4 Å². The normalized spacial score (nSPS) is 10.1. The van der Waals surface area contributed by atoms with Gasteiger partial charge in [-0.3, -0.25) is 0 Å². The first-order valence-electron chi connectivity index (χ1n) is 4.65. The molecule has 0 bridgehead atoms. The number of benzene rings is 1. The van der Waals surface area contributed by atoms with Crippen molar-refractivity contribution in [3.05, 3.63) is 35.5 Å². The summed E-state index contributed by atoms with van der Waals surface area (Å²) in [6.45, 7) is 1.96. The predicted molar refractivity (Wildman–Crippen MR) is 62.5 cm³/mol. The van der Waals surface area contributed by atoms with E-state index in [0.29, 0.717) is 5.75 Å². The summed E-state index contributed by atoms with van der Waals surface area (Å²) in [4.78, 5) is 15.8. The first-order valence-corrected chi connectivity index (χ1v) is 5.47. The van der Waals surface area contributed by atoms with Gasteiger partial charge in [-0.1, -0.05) is 0 Å². The second kappa shape index (κ2) is 4.32. The number of aromatic nitrogens is 1. The number of primary amides is 1. The summed E-state index contributed by atoms with van der Waals surface area (Å²) < 4.78 is 4.74. The fourth-order valence-electron chi connectivity index (χ4n) is 1.30. The van der Waals surface area contributed by atoms with Crippen LogP contribution in [0.5, 0.6) is 5.75 Å². The summed E-state index contributed by atoms with van der Waals surface area (Å²) >= 11 is 1.62. The highest BCUT2D eigenvalue weighted by molar-refractivity contribution is 7.15. The molecule has 82 valence electrons. The number of amides is 1. The summed E-state index contributed by atoms with van der Waals surface area (Å²) in [5.41, 5.74) is 5.95. The van der Waals surface area contributed by atoms with Crippen LogP contribution in [0.3, 0.4) is 0 Å². The van der Waals surface area contributed by atoms with E-state index in [9.17, 15) is 4.79 Å². The molecule has 1 aromatic carbocycles. The maximum atomic E-state index is 10.5. The van der Waals surface area contributed by atoms with E-state index in [1.165, 1.54) is 0 Å². The Morgan fingerprint density at radius 3 is 2.56 bits per heavy atom. The van der Waals surface area contributed by atoms with Crippen molar-refractivity contribution in [2.45, 2.75) is 6.92 Å². The number of carbonyl (C=O) groups excluding carboxylic acids is 1. The van der Waals surface area contributed by atoms with Gasteiger partial charge in [-0.25, -0.2) is 9.78 Å². The van der Waals surface area contributed by atoms with Crippen LogP contribution in [0, 0.1) is 6.92 Å². The van der Waals surface area contributed by atoms with E-state index in [1.54, 1.807) is 23.5 Å². The largest absolute Gasteiger partial charge is 0.411 e. The quantitative estimate of drug-likeness (QED) is 0.868. The van der Waals surface area contributed by atoms with Gasteiger partial charge < -0.3 is 10.5 Å². The lowest BCUT2D eigenvalue weighted by Crippen LogP contribution is -2.16. The summed E-state index contributed by atoms with van der Waals surface area (Å²) in [5, 5.41) is 1.02. The maximum Gasteiger partial charge on any atom is 0.409 e. The Morgan fingerprint density at radius 2 is 2.06 bits per heavy atom. The number of nitrogens with two attached hydrogens (primary N) is 1. The van der Waals surface area contributed by atoms with Crippen LogP contribution in [0.1, 0.15) is 5.01 Å². The van der Waals surface area contributed by atoms with Crippen LogP contribution in [-0.4, -0.2) is 11.1 Å². The fourth-order valence-corrected chi connectivity index (χ4v) is 2.08. The number of hydrogen-bond acceptors (Lipinski definition) is 4. The smallest absolute Gasteiger partial charge is 0.409 e. The molecule has 0 spiro atoms. The van der Waals surface area contributed by atoms with Gasteiger partial charge >= 0.3 is 6.09 Å². The van der Waals surface area contributed by atoms with Crippen molar-refractivity contribution in [2.75, 3.05) is 0 Å². The number of carbonyl (C=O) groups is 1. The van der Waals surface area contributed by atoms with E-state index in [1.807, 2.05) is 25.3 Å². The molecule has 0 aliphatic heterocycles. The molecule has 1 heterocycles. The number of nitrogens with zero attached hydrogens (tertiary/aromatic N) is 1. The molecule has 0 saturated heterocycles. The Morgan fingerprint density at radius 1 is 1.38 bits per heavy atom. The number of rotatable bonds is 2. The summed E-state index contributed by atoms with van der Waals surface area (Å²) in [7, 11) is 0. The number of ether oxygens (including phenoxy) is 1. The van der Waals surface area contributed by atoms with Gasteiger partial charge in [0.25, 0.3) is 0 Å². The lowest BCUT2D eigenvalue weighted by molar-refractivity contribution is 0.211. The first kappa shape index (κ1) is 10.6. The molecule has 5 heteroatoms. The monoisotopic (exact) mass is 234 g/mol. The van der Waals surface area contributed by atoms with Crippen molar-refractivity contribution in [2.24, 2.45) is 5.73 Å². The maximum absolute atomic E-state index is 10.5. The van der Waals surface area contributed by atoms with Crippen molar-refractivity contribution in [3.63, 3.8) is 0 Å². The van der Waals surface area contributed by atoms with Gasteiger partial charge in [0.05, 0.1) is 9.88 Å². The Balaban J connectivity index is 2.22. The Bertz CT molecular complexity index is 505. The zero-order valence-electron chi connectivity index (χ0n) is 8.64. The molecule has 2 N–H and O–H groups in total. The molecule has 16 heavy (non-hydrogen) atoms.